The monoisotopic (exact) mass is 976 g/mol. The van der Waals surface area contributed by atoms with Crippen LogP contribution in [0, 0.1) is 0 Å². The smallest absolute Gasteiger partial charge is 0.143 e. The van der Waals surface area contributed by atoms with E-state index in [9.17, 15) is 0 Å². The standard InChI is InChI=1S/C61H79NO2P2Si2/c1-8-14-40-67(41-15-9-2,42-16-10-3)48-36-34-47(35-37-48)66(59-33-25-32-57-60(59)53-27-21-23-31-56(53)63-57)62(7)65-58-39-38-49(68(43-17-11-4,44-18-12-5)45-19-13-6)46-54(58)52-29-24-28-51-50-26-20-22-30-55(50)64-61(51)52/h20-39,46,65H,8-19,40-45H2,1-7H3. The molecule has 2 unspecified atom stereocenters. The molecule has 7 heteroatoms. The number of benzene rings is 6. The normalized spacial score (nSPS) is 13.1. The number of hydrogen-bond donors (Lipinski definition) is 0. The Balaban J connectivity index is 1.31. The molecule has 358 valence electrons. The van der Waals surface area contributed by atoms with Crippen molar-refractivity contribution >= 4 is 103 Å². The van der Waals surface area contributed by atoms with E-state index in [4.69, 9.17) is 8.83 Å². The van der Waals surface area contributed by atoms with E-state index in [1.54, 1.807) is 10.4 Å². The predicted octanol–water partition coefficient (Wildman–Crippen LogP) is 17.5. The number of furan rings is 2. The first kappa shape index (κ1) is 50.6. The first-order valence-electron chi connectivity index (χ1n) is 26.7. The molecule has 0 amide bonds. The quantitative estimate of drug-likeness (QED) is 0.0400. The molecule has 0 radical (unpaired) electrons. The van der Waals surface area contributed by atoms with Crippen molar-refractivity contribution in [1.82, 2.24) is 4.44 Å². The lowest BCUT2D eigenvalue weighted by molar-refractivity contribution is 0.669. The maximum atomic E-state index is 6.89. The predicted molar refractivity (Wildman–Crippen MR) is 310 cm³/mol. The lowest BCUT2D eigenvalue weighted by Gasteiger charge is -2.35. The van der Waals surface area contributed by atoms with Gasteiger partial charge in [-0.15, -0.1) is 0 Å². The van der Waals surface area contributed by atoms with Gasteiger partial charge in [-0.25, -0.2) is 0 Å². The SMILES string of the molecule is CCCC[Si](CCCC)(CCCC)c1ccc(P(c2cccc3oc4ccccc4c23)N(C)Pc2ccc([Si](CCCC)(CCCC)CCCC)cc2-c2cccc3c2oc2ccccc23)cc1. The summed E-state index contributed by atoms with van der Waals surface area (Å²) in [6.07, 6.45) is 15.6. The molecule has 0 spiro atoms. The third-order valence-corrected chi connectivity index (χ3v) is 30.4. The van der Waals surface area contributed by atoms with Crippen molar-refractivity contribution in [1.29, 1.82) is 0 Å². The molecule has 6 aromatic carbocycles. The highest BCUT2D eigenvalue weighted by Gasteiger charge is 2.36. The van der Waals surface area contributed by atoms with Crippen molar-refractivity contribution in [2.24, 2.45) is 0 Å². The fourth-order valence-corrected chi connectivity index (χ4v) is 26.9. The van der Waals surface area contributed by atoms with Gasteiger partial charge in [-0.05, 0) is 50.2 Å². The summed E-state index contributed by atoms with van der Waals surface area (Å²) in [6, 6.07) is 57.5. The zero-order valence-corrected chi connectivity index (χ0v) is 46.5. The molecule has 0 saturated heterocycles. The molecule has 2 atom stereocenters. The van der Waals surface area contributed by atoms with Crippen LogP contribution in [0.4, 0.5) is 0 Å². The summed E-state index contributed by atoms with van der Waals surface area (Å²) >= 11 is 0. The molecule has 8 rings (SSSR count). The average molecular weight is 976 g/mol. The Morgan fingerprint density at radius 2 is 0.941 bits per heavy atom. The summed E-state index contributed by atoms with van der Waals surface area (Å²) in [5.41, 5.74) is 6.49. The van der Waals surface area contributed by atoms with E-state index >= 15 is 0 Å². The van der Waals surface area contributed by atoms with Gasteiger partial charge in [0.05, 0.1) is 16.1 Å². The maximum absolute atomic E-state index is 6.89. The fraction of sp³-hybridized carbons (Fsp3) is 0.410. The zero-order valence-electron chi connectivity index (χ0n) is 42.6. The third kappa shape index (κ3) is 10.7. The minimum Gasteiger partial charge on any atom is -0.456 e. The fourth-order valence-electron chi connectivity index (χ4n) is 11.4. The number of unbranched alkanes of at least 4 members (excludes halogenated alkanes) is 6. The second kappa shape index (κ2) is 23.9. The van der Waals surface area contributed by atoms with Crippen LogP contribution in [0.3, 0.4) is 0 Å². The Morgan fingerprint density at radius 3 is 1.53 bits per heavy atom. The molecule has 2 aromatic heterocycles. The molecular weight excluding hydrogens is 897 g/mol. The summed E-state index contributed by atoms with van der Waals surface area (Å²) in [5.74, 6) is 0. The number of hydrogen-bond acceptors (Lipinski definition) is 3. The van der Waals surface area contributed by atoms with Gasteiger partial charge in [0, 0.05) is 40.5 Å². The highest BCUT2D eigenvalue weighted by molar-refractivity contribution is 7.77. The summed E-state index contributed by atoms with van der Waals surface area (Å²) in [7, 11) is -1.63. The van der Waals surface area contributed by atoms with Crippen molar-refractivity contribution in [3.63, 3.8) is 0 Å². The Morgan fingerprint density at radius 1 is 0.456 bits per heavy atom. The molecule has 0 fully saturated rings. The van der Waals surface area contributed by atoms with Crippen LogP contribution in [0.5, 0.6) is 0 Å². The van der Waals surface area contributed by atoms with Crippen molar-refractivity contribution < 1.29 is 8.83 Å². The van der Waals surface area contributed by atoms with Gasteiger partial charge in [-0.1, -0.05) is 274 Å². The minimum absolute atomic E-state index is 0.434. The first-order valence-corrected chi connectivity index (χ1v) is 34.2. The van der Waals surface area contributed by atoms with Gasteiger partial charge in [-0.3, -0.25) is 4.44 Å². The van der Waals surface area contributed by atoms with E-state index in [0.717, 1.165) is 22.3 Å². The van der Waals surface area contributed by atoms with Gasteiger partial charge in [0.25, 0.3) is 0 Å². The molecule has 3 nitrogen and oxygen atoms in total. The van der Waals surface area contributed by atoms with Gasteiger partial charge in [0.2, 0.25) is 0 Å². The summed E-state index contributed by atoms with van der Waals surface area (Å²) < 4.78 is 16.2. The lowest BCUT2D eigenvalue weighted by Crippen LogP contribution is -2.48. The van der Waals surface area contributed by atoms with Crippen LogP contribution >= 0.6 is 16.8 Å². The van der Waals surface area contributed by atoms with Crippen LogP contribution in [0.25, 0.3) is 55.0 Å². The van der Waals surface area contributed by atoms with E-state index < -0.39 is 24.2 Å². The van der Waals surface area contributed by atoms with Crippen LogP contribution < -0.4 is 26.3 Å². The highest BCUT2D eigenvalue weighted by atomic mass is 31.2. The Labute approximate surface area is 414 Å². The molecule has 8 aromatic rings. The minimum atomic E-state index is -1.83. The van der Waals surface area contributed by atoms with E-state index in [1.807, 2.05) is 0 Å². The van der Waals surface area contributed by atoms with Gasteiger partial charge in [0.15, 0.2) is 0 Å². The van der Waals surface area contributed by atoms with Crippen LogP contribution in [0.15, 0.2) is 136 Å². The Kier molecular flexibility index (Phi) is 17.7. The molecule has 68 heavy (non-hydrogen) atoms. The van der Waals surface area contributed by atoms with Crippen molar-refractivity contribution in [3.8, 4) is 11.1 Å². The van der Waals surface area contributed by atoms with Crippen LogP contribution in [-0.2, 0) is 0 Å². The van der Waals surface area contributed by atoms with Gasteiger partial charge >= 0.3 is 0 Å². The number of fused-ring (bicyclic) bond motifs is 6. The largest absolute Gasteiger partial charge is 0.456 e. The summed E-state index contributed by atoms with van der Waals surface area (Å²) in [5, 5.41) is 12.4. The van der Waals surface area contributed by atoms with Crippen molar-refractivity contribution in [2.75, 3.05) is 7.05 Å². The number of para-hydroxylation sites is 3. The van der Waals surface area contributed by atoms with E-state index in [-0.39, 0.29) is 0 Å². The second-order valence-electron chi connectivity index (χ2n) is 20.0. The number of nitrogens with zero attached hydrogens (tertiary/aromatic N) is 1. The van der Waals surface area contributed by atoms with Crippen LogP contribution in [0.2, 0.25) is 36.3 Å². The molecule has 0 N–H and O–H groups in total. The summed E-state index contributed by atoms with van der Waals surface area (Å²) in [4.78, 5) is 0. The lowest BCUT2D eigenvalue weighted by atomic mass is 10.0. The molecule has 2 heterocycles. The van der Waals surface area contributed by atoms with Crippen LogP contribution in [-0.4, -0.2) is 27.6 Å². The maximum Gasteiger partial charge on any atom is 0.143 e. The summed E-state index contributed by atoms with van der Waals surface area (Å²) in [6.45, 7) is 14.3. The van der Waals surface area contributed by atoms with E-state index in [1.165, 1.54) is 162 Å². The molecule has 0 aliphatic carbocycles. The first-order chi connectivity index (χ1) is 33.3. The van der Waals surface area contributed by atoms with Gasteiger partial charge in [0.1, 0.15) is 22.3 Å². The van der Waals surface area contributed by atoms with Crippen molar-refractivity contribution in [3.05, 3.63) is 127 Å². The zero-order chi connectivity index (χ0) is 47.5. The van der Waals surface area contributed by atoms with E-state index in [2.05, 4.69) is 180 Å². The molecule has 0 bridgehead atoms. The topological polar surface area (TPSA) is 29.5 Å². The van der Waals surface area contributed by atoms with Gasteiger partial charge in [-0.2, -0.15) is 0 Å². The Bertz CT molecular complexity index is 2820. The number of rotatable bonds is 26. The molecular formula is C61H79NO2P2Si2. The third-order valence-electron chi connectivity index (χ3n) is 15.3. The molecule has 0 aliphatic heterocycles. The van der Waals surface area contributed by atoms with Crippen LogP contribution in [0.1, 0.15) is 119 Å². The molecule has 0 aliphatic rings. The second-order valence-corrected chi connectivity index (χ2v) is 33.3. The van der Waals surface area contributed by atoms with E-state index in [0.29, 0.717) is 8.73 Å². The average Bonchev–Trinajstić information content (AvgIpc) is 3.96. The Hall–Kier alpha value is -3.83. The van der Waals surface area contributed by atoms with Gasteiger partial charge < -0.3 is 8.83 Å². The highest BCUT2D eigenvalue weighted by Crippen LogP contribution is 2.49. The molecule has 0 saturated carbocycles. The van der Waals surface area contributed by atoms with Crippen molar-refractivity contribution in [2.45, 2.75) is 155 Å².